The number of benzene rings is 2. The van der Waals surface area contributed by atoms with Gasteiger partial charge >= 0.3 is 6.61 Å². The summed E-state index contributed by atoms with van der Waals surface area (Å²) in [5.74, 6) is 0.813. The SMILES string of the molecule is O=C(NC[C@H]1COc2ccccc2O1)c1cccc(OC(F)F)c1. The standard InChI is InChI=1S/C17H15F2NO4/c18-17(19)24-12-5-3-4-11(8-12)16(21)20-9-13-10-22-14-6-1-2-7-15(14)23-13/h1-8,13,17H,9-10H2,(H,20,21)/t13-/m0/s1. The van der Waals surface area contributed by atoms with Crippen molar-refractivity contribution in [2.24, 2.45) is 0 Å². The van der Waals surface area contributed by atoms with Crippen LogP contribution in [0.4, 0.5) is 8.78 Å². The first-order valence-electron chi connectivity index (χ1n) is 7.33. The zero-order valence-corrected chi connectivity index (χ0v) is 12.6. The Morgan fingerprint density at radius 1 is 1.21 bits per heavy atom. The van der Waals surface area contributed by atoms with E-state index in [1.54, 1.807) is 12.1 Å². The van der Waals surface area contributed by atoms with E-state index in [1.165, 1.54) is 24.3 Å². The van der Waals surface area contributed by atoms with Crippen molar-refractivity contribution in [3.63, 3.8) is 0 Å². The Kier molecular flexibility index (Phi) is 4.79. The molecule has 0 aliphatic carbocycles. The summed E-state index contributed by atoms with van der Waals surface area (Å²) in [7, 11) is 0. The normalized spacial score (nSPS) is 15.9. The van der Waals surface area contributed by atoms with Crippen molar-refractivity contribution in [3.8, 4) is 17.2 Å². The number of fused-ring (bicyclic) bond motifs is 1. The third-order valence-corrected chi connectivity index (χ3v) is 3.38. The number of amides is 1. The lowest BCUT2D eigenvalue weighted by Crippen LogP contribution is -2.40. The van der Waals surface area contributed by atoms with Gasteiger partial charge in [0.15, 0.2) is 11.5 Å². The van der Waals surface area contributed by atoms with Crippen LogP contribution >= 0.6 is 0 Å². The van der Waals surface area contributed by atoms with Crippen LogP contribution in [-0.4, -0.2) is 31.8 Å². The van der Waals surface area contributed by atoms with Crippen LogP contribution in [0, 0.1) is 0 Å². The molecule has 0 spiro atoms. The molecule has 0 aromatic heterocycles. The highest BCUT2D eigenvalue weighted by Crippen LogP contribution is 2.30. The molecular weight excluding hydrogens is 320 g/mol. The highest BCUT2D eigenvalue weighted by atomic mass is 19.3. The van der Waals surface area contributed by atoms with Gasteiger partial charge in [-0.1, -0.05) is 18.2 Å². The van der Waals surface area contributed by atoms with Crippen LogP contribution in [-0.2, 0) is 0 Å². The number of carbonyl (C=O) groups excluding carboxylic acids is 1. The van der Waals surface area contributed by atoms with Gasteiger partial charge in [0.1, 0.15) is 18.5 Å². The van der Waals surface area contributed by atoms with Gasteiger partial charge in [-0.3, -0.25) is 4.79 Å². The first-order valence-corrected chi connectivity index (χ1v) is 7.33. The topological polar surface area (TPSA) is 56.8 Å². The lowest BCUT2D eigenvalue weighted by atomic mass is 10.2. The second kappa shape index (κ2) is 7.16. The molecule has 1 N–H and O–H groups in total. The third-order valence-electron chi connectivity index (χ3n) is 3.38. The summed E-state index contributed by atoms with van der Waals surface area (Å²) in [5, 5.41) is 2.69. The Bertz CT molecular complexity index is 723. The van der Waals surface area contributed by atoms with Crippen LogP contribution in [0.15, 0.2) is 48.5 Å². The Hall–Kier alpha value is -2.83. The molecule has 1 atom stereocenters. The van der Waals surface area contributed by atoms with Gasteiger partial charge in [0.2, 0.25) is 0 Å². The third kappa shape index (κ3) is 3.92. The Morgan fingerprint density at radius 3 is 2.79 bits per heavy atom. The van der Waals surface area contributed by atoms with E-state index in [0.29, 0.717) is 18.1 Å². The molecule has 126 valence electrons. The summed E-state index contributed by atoms with van der Waals surface area (Å²) in [6.07, 6.45) is -0.329. The highest BCUT2D eigenvalue weighted by molar-refractivity contribution is 5.94. The van der Waals surface area contributed by atoms with Crippen molar-refractivity contribution < 1.29 is 27.8 Å². The summed E-state index contributed by atoms with van der Waals surface area (Å²) in [5.41, 5.74) is 0.227. The fourth-order valence-corrected chi connectivity index (χ4v) is 2.29. The van der Waals surface area contributed by atoms with Gasteiger partial charge in [-0.05, 0) is 30.3 Å². The van der Waals surface area contributed by atoms with Crippen LogP contribution in [0.2, 0.25) is 0 Å². The minimum atomic E-state index is -2.93. The summed E-state index contributed by atoms with van der Waals surface area (Å²) in [6.45, 7) is -2.39. The molecule has 0 unspecified atom stereocenters. The molecule has 2 aromatic rings. The summed E-state index contributed by atoms with van der Waals surface area (Å²) in [4.78, 5) is 12.1. The van der Waals surface area contributed by atoms with Crippen molar-refractivity contribution in [2.45, 2.75) is 12.7 Å². The number of hydrogen-bond donors (Lipinski definition) is 1. The van der Waals surface area contributed by atoms with Crippen molar-refractivity contribution in [2.75, 3.05) is 13.2 Å². The lowest BCUT2D eigenvalue weighted by molar-refractivity contribution is -0.0498. The predicted octanol–water partition coefficient (Wildman–Crippen LogP) is 2.86. The fourth-order valence-electron chi connectivity index (χ4n) is 2.29. The van der Waals surface area contributed by atoms with E-state index < -0.39 is 12.5 Å². The van der Waals surface area contributed by atoms with Crippen LogP contribution in [0.25, 0.3) is 0 Å². The zero-order chi connectivity index (χ0) is 16.9. The zero-order valence-electron chi connectivity index (χ0n) is 12.6. The highest BCUT2D eigenvalue weighted by Gasteiger charge is 2.21. The van der Waals surface area contributed by atoms with Gasteiger partial charge in [-0.15, -0.1) is 0 Å². The van der Waals surface area contributed by atoms with Gasteiger partial charge in [0, 0.05) is 5.56 Å². The monoisotopic (exact) mass is 335 g/mol. The average Bonchev–Trinajstić information content (AvgIpc) is 2.59. The molecule has 3 rings (SSSR count). The maximum absolute atomic E-state index is 12.2. The predicted molar refractivity (Wildman–Crippen MR) is 81.8 cm³/mol. The fraction of sp³-hybridized carbons (Fsp3) is 0.235. The second-order valence-electron chi connectivity index (χ2n) is 5.11. The molecule has 7 heteroatoms. The number of halogens is 2. The Balaban J connectivity index is 1.56. The number of nitrogens with one attached hydrogen (secondary N) is 1. The van der Waals surface area contributed by atoms with E-state index >= 15 is 0 Å². The lowest BCUT2D eigenvalue weighted by Gasteiger charge is -2.26. The molecule has 0 fully saturated rings. The van der Waals surface area contributed by atoms with Crippen molar-refractivity contribution in [1.82, 2.24) is 5.32 Å². The molecule has 0 bridgehead atoms. The molecule has 1 heterocycles. The number of rotatable bonds is 5. The number of alkyl halides is 2. The van der Waals surface area contributed by atoms with E-state index in [1.807, 2.05) is 12.1 Å². The Labute approximate surface area is 137 Å². The van der Waals surface area contributed by atoms with Gasteiger partial charge in [-0.25, -0.2) is 0 Å². The second-order valence-corrected chi connectivity index (χ2v) is 5.11. The molecule has 0 saturated heterocycles. The molecule has 1 amide bonds. The van der Waals surface area contributed by atoms with Gasteiger partial charge in [0.05, 0.1) is 6.54 Å². The van der Waals surface area contributed by atoms with Crippen LogP contribution < -0.4 is 19.5 Å². The van der Waals surface area contributed by atoms with E-state index in [9.17, 15) is 13.6 Å². The molecule has 24 heavy (non-hydrogen) atoms. The summed E-state index contributed by atoms with van der Waals surface area (Å²) >= 11 is 0. The largest absolute Gasteiger partial charge is 0.486 e. The van der Waals surface area contributed by atoms with Crippen molar-refractivity contribution in [1.29, 1.82) is 0 Å². The smallest absolute Gasteiger partial charge is 0.387 e. The molecule has 0 radical (unpaired) electrons. The maximum atomic E-state index is 12.2. The average molecular weight is 335 g/mol. The van der Waals surface area contributed by atoms with Crippen molar-refractivity contribution in [3.05, 3.63) is 54.1 Å². The van der Waals surface area contributed by atoms with Crippen LogP contribution in [0.3, 0.4) is 0 Å². The first-order chi connectivity index (χ1) is 11.6. The van der Waals surface area contributed by atoms with E-state index in [-0.39, 0.29) is 24.0 Å². The van der Waals surface area contributed by atoms with Crippen LogP contribution in [0.5, 0.6) is 17.2 Å². The van der Waals surface area contributed by atoms with E-state index in [4.69, 9.17) is 9.47 Å². The molecule has 2 aromatic carbocycles. The summed E-state index contributed by atoms with van der Waals surface area (Å²) < 4.78 is 40.0. The summed E-state index contributed by atoms with van der Waals surface area (Å²) in [6, 6.07) is 12.9. The minimum Gasteiger partial charge on any atom is -0.486 e. The number of carbonyl (C=O) groups is 1. The van der Waals surface area contributed by atoms with Gasteiger partial charge in [-0.2, -0.15) is 8.78 Å². The first kappa shape index (κ1) is 16.0. The van der Waals surface area contributed by atoms with E-state index in [2.05, 4.69) is 10.1 Å². The van der Waals surface area contributed by atoms with Gasteiger partial charge < -0.3 is 19.5 Å². The molecular formula is C17H15F2NO4. The minimum absolute atomic E-state index is 0.0659. The van der Waals surface area contributed by atoms with Crippen LogP contribution in [0.1, 0.15) is 10.4 Å². The van der Waals surface area contributed by atoms with Crippen molar-refractivity contribution >= 4 is 5.91 Å². The number of hydrogen-bond acceptors (Lipinski definition) is 4. The molecule has 0 saturated carbocycles. The number of para-hydroxylation sites is 2. The van der Waals surface area contributed by atoms with Gasteiger partial charge in [0.25, 0.3) is 5.91 Å². The van der Waals surface area contributed by atoms with E-state index in [0.717, 1.165) is 0 Å². The molecule has 5 nitrogen and oxygen atoms in total. The quantitative estimate of drug-likeness (QED) is 0.913. The Morgan fingerprint density at radius 2 is 2.00 bits per heavy atom. The molecule has 1 aliphatic heterocycles. The number of ether oxygens (including phenoxy) is 3. The maximum Gasteiger partial charge on any atom is 0.387 e. The molecule has 1 aliphatic rings.